The molecule has 0 bridgehead atoms. The summed E-state index contributed by atoms with van der Waals surface area (Å²) in [6.07, 6.45) is 2.22. The molecule has 30 heavy (non-hydrogen) atoms. The number of aliphatic hydroxyl groups is 1. The van der Waals surface area contributed by atoms with E-state index in [2.05, 4.69) is 10.4 Å². The number of furan rings is 1. The van der Waals surface area contributed by atoms with Crippen molar-refractivity contribution in [2.75, 3.05) is 13.7 Å². The number of benzene rings is 2. The number of nitrogens with zero attached hydrogens (tertiary/aromatic N) is 2. The minimum Gasteiger partial charge on any atom is -0.497 e. The Hall–Kier alpha value is -3.84. The second-order valence-corrected chi connectivity index (χ2v) is 6.64. The Morgan fingerprint density at radius 2 is 2.00 bits per heavy atom. The Morgan fingerprint density at radius 3 is 2.73 bits per heavy atom. The molecule has 4 aromatic rings. The van der Waals surface area contributed by atoms with E-state index in [1.807, 2.05) is 54.6 Å². The molecular weight excluding hydrogens is 382 g/mol. The highest BCUT2D eigenvalue weighted by Crippen LogP contribution is 2.27. The van der Waals surface area contributed by atoms with E-state index in [4.69, 9.17) is 9.15 Å². The van der Waals surface area contributed by atoms with E-state index in [9.17, 15) is 9.90 Å². The minimum absolute atomic E-state index is 0.0143. The lowest BCUT2D eigenvalue weighted by Crippen LogP contribution is -2.28. The number of carbonyl (C=O) groups is 1. The van der Waals surface area contributed by atoms with Crippen molar-refractivity contribution in [1.29, 1.82) is 0 Å². The predicted octanol–water partition coefficient (Wildman–Crippen LogP) is 3.60. The Morgan fingerprint density at radius 1 is 1.17 bits per heavy atom. The number of hydrogen-bond donors (Lipinski definition) is 2. The van der Waals surface area contributed by atoms with Gasteiger partial charge in [-0.3, -0.25) is 4.79 Å². The summed E-state index contributed by atoms with van der Waals surface area (Å²) in [6.45, 7) is 0.0143. The molecule has 7 heteroatoms. The topological polar surface area (TPSA) is 89.5 Å². The first-order chi connectivity index (χ1) is 14.7. The van der Waals surface area contributed by atoms with Crippen molar-refractivity contribution < 1.29 is 19.1 Å². The highest BCUT2D eigenvalue weighted by molar-refractivity contribution is 6.00. The normalized spacial score (nSPS) is 11.8. The van der Waals surface area contributed by atoms with Crippen LogP contribution in [0.25, 0.3) is 16.9 Å². The van der Waals surface area contributed by atoms with Crippen LogP contribution >= 0.6 is 0 Å². The molecule has 2 aromatic heterocycles. The maximum absolute atomic E-state index is 13.0. The van der Waals surface area contributed by atoms with Crippen LogP contribution in [0.1, 0.15) is 22.2 Å². The summed E-state index contributed by atoms with van der Waals surface area (Å²) in [5.74, 6) is 0.713. The maximum Gasteiger partial charge on any atom is 0.255 e. The van der Waals surface area contributed by atoms with Crippen molar-refractivity contribution in [1.82, 2.24) is 15.1 Å². The monoisotopic (exact) mass is 403 g/mol. The highest BCUT2D eigenvalue weighted by atomic mass is 16.5. The van der Waals surface area contributed by atoms with E-state index in [1.54, 1.807) is 30.1 Å². The summed E-state index contributed by atoms with van der Waals surface area (Å²) in [6, 6.07) is 20.3. The fourth-order valence-electron chi connectivity index (χ4n) is 3.10. The van der Waals surface area contributed by atoms with Gasteiger partial charge in [-0.05, 0) is 36.4 Å². The molecule has 2 N–H and O–H groups in total. The minimum atomic E-state index is -0.937. The predicted molar refractivity (Wildman–Crippen MR) is 112 cm³/mol. The van der Waals surface area contributed by atoms with Crippen LogP contribution in [-0.4, -0.2) is 34.4 Å². The van der Waals surface area contributed by atoms with Crippen LogP contribution in [0.2, 0.25) is 0 Å². The number of para-hydroxylation sites is 1. The van der Waals surface area contributed by atoms with Crippen molar-refractivity contribution in [2.24, 2.45) is 0 Å². The number of ether oxygens (including phenoxy) is 1. The summed E-state index contributed by atoms with van der Waals surface area (Å²) in [4.78, 5) is 13.0. The molecule has 0 saturated carbocycles. The summed E-state index contributed by atoms with van der Waals surface area (Å²) in [5.41, 5.74) is 2.48. The molecule has 152 valence electrons. The van der Waals surface area contributed by atoms with E-state index >= 15 is 0 Å². The molecule has 0 aliphatic heterocycles. The highest BCUT2D eigenvalue weighted by Gasteiger charge is 2.20. The first-order valence-corrected chi connectivity index (χ1v) is 9.45. The van der Waals surface area contributed by atoms with Gasteiger partial charge in [0.2, 0.25) is 0 Å². The SMILES string of the molecule is COc1cccc(-c2nn(-c3ccccc3)cc2C(=O)NCC(O)c2ccco2)c1. The molecule has 1 amide bonds. The third kappa shape index (κ3) is 4.11. The van der Waals surface area contributed by atoms with Crippen LogP contribution in [-0.2, 0) is 0 Å². The Balaban J connectivity index is 1.66. The lowest BCUT2D eigenvalue weighted by molar-refractivity contribution is 0.0901. The van der Waals surface area contributed by atoms with Gasteiger partial charge in [0, 0.05) is 11.8 Å². The Labute approximate surface area is 173 Å². The molecule has 2 heterocycles. The number of rotatable bonds is 7. The number of aliphatic hydroxyl groups excluding tert-OH is 1. The number of amides is 1. The van der Waals surface area contributed by atoms with Gasteiger partial charge < -0.3 is 19.6 Å². The number of hydrogen-bond acceptors (Lipinski definition) is 5. The van der Waals surface area contributed by atoms with Crippen molar-refractivity contribution in [3.63, 3.8) is 0 Å². The Kier molecular flexibility index (Phi) is 5.63. The average Bonchev–Trinajstić information content (AvgIpc) is 3.48. The molecular formula is C23H21N3O4. The van der Waals surface area contributed by atoms with Crippen LogP contribution in [0.5, 0.6) is 5.75 Å². The van der Waals surface area contributed by atoms with Gasteiger partial charge in [0.15, 0.2) is 0 Å². The van der Waals surface area contributed by atoms with E-state index < -0.39 is 6.10 Å². The second kappa shape index (κ2) is 8.67. The van der Waals surface area contributed by atoms with Gasteiger partial charge in [-0.15, -0.1) is 0 Å². The number of methoxy groups -OCH3 is 1. The van der Waals surface area contributed by atoms with Crippen LogP contribution < -0.4 is 10.1 Å². The first-order valence-electron chi connectivity index (χ1n) is 9.45. The largest absolute Gasteiger partial charge is 0.497 e. The smallest absolute Gasteiger partial charge is 0.255 e. The third-order valence-corrected chi connectivity index (χ3v) is 4.65. The molecule has 1 unspecified atom stereocenters. The van der Waals surface area contributed by atoms with E-state index in [0.717, 1.165) is 11.3 Å². The second-order valence-electron chi connectivity index (χ2n) is 6.64. The molecule has 2 aromatic carbocycles. The zero-order chi connectivity index (χ0) is 20.9. The maximum atomic E-state index is 13.0. The molecule has 7 nitrogen and oxygen atoms in total. The third-order valence-electron chi connectivity index (χ3n) is 4.65. The van der Waals surface area contributed by atoms with Crippen LogP contribution in [0, 0.1) is 0 Å². The molecule has 0 aliphatic rings. The van der Waals surface area contributed by atoms with Gasteiger partial charge in [0.1, 0.15) is 23.3 Å². The van der Waals surface area contributed by atoms with Crippen molar-refractivity contribution >= 4 is 5.91 Å². The standard InChI is InChI=1S/C23H21N3O4/c1-29-18-10-5-7-16(13-18)22-19(15-26(25-22)17-8-3-2-4-9-17)23(28)24-14-20(27)21-11-6-12-30-21/h2-13,15,20,27H,14H2,1H3,(H,24,28). The fraction of sp³-hybridized carbons (Fsp3) is 0.130. The number of carbonyl (C=O) groups excluding carboxylic acids is 1. The van der Waals surface area contributed by atoms with Gasteiger partial charge in [0.25, 0.3) is 5.91 Å². The molecule has 4 rings (SSSR count). The molecule has 0 fully saturated rings. The molecule has 0 saturated heterocycles. The van der Waals surface area contributed by atoms with Gasteiger partial charge in [-0.1, -0.05) is 30.3 Å². The summed E-state index contributed by atoms with van der Waals surface area (Å²) >= 11 is 0. The van der Waals surface area contributed by atoms with Crippen molar-refractivity contribution in [3.05, 3.63) is 90.5 Å². The van der Waals surface area contributed by atoms with Gasteiger partial charge in [-0.25, -0.2) is 4.68 Å². The molecule has 1 atom stereocenters. The van der Waals surface area contributed by atoms with Crippen LogP contribution in [0.3, 0.4) is 0 Å². The Bertz CT molecular complexity index is 1120. The van der Waals surface area contributed by atoms with Crippen molar-refractivity contribution in [3.8, 4) is 22.7 Å². The van der Waals surface area contributed by atoms with E-state index in [-0.39, 0.29) is 12.5 Å². The fourth-order valence-corrected chi connectivity index (χ4v) is 3.10. The average molecular weight is 403 g/mol. The summed E-state index contributed by atoms with van der Waals surface area (Å²) in [7, 11) is 1.59. The van der Waals surface area contributed by atoms with Crippen LogP contribution in [0.4, 0.5) is 0 Å². The lowest BCUT2D eigenvalue weighted by Gasteiger charge is -2.10. The summed E-state index contributed by atoms with van der Waals surface area (Å²) in [5, 5.41) is 17.6. The number of aromatic nitrogens is 2. The lowest BCUT2D eigenvalue weighted by atomic mass is 10.1. The zero-order valence-corrected chi connectivity index (χ0v) is 16.4. The molecule has 0 radical (unpaired) electrons. The first kappa shape index (κ1) is 19.5. The summed E-state index contributed by atoms with van der Waals surface area (Å²) < 4.78 is 12.2. The molecule has 0 aliphatic carbocycles. The van der Waals surface area contributed by atoms with Crippen LogP contribution in [0.15, 0.2) is 83.6 Å². The van der Waals surface area contributed by atoms with Crippen molar-refractivity contribution in [2.45, 2.75) is 6.10 Å². The van der Waals surface area contributed by atoms with Gasteiger partial charge >= 0.3 is 0 Å². The quantitative estimate of drug-likeness (QED) is 0.492. The zero-order valence-electron chi connectivity index (χ0n) is 16.4. The van der Waals surface area contributed by atoms with E-state index in [1.165, 1.54) is 6.26 Å². The van der Waals surface area contributed by atoms with Gasteiger partial charge in [-0.2, -0.15) is 5.10 Å². The van der Waals surface area contributed by atoms with E-state index in [0.29, 0.717) is 22.8 Å². The molecule has 0 spiro atoms. The number of nitrogens with one attached hydrogen (secondary N) is 1. The van der Waals surface area contributed by atoms with Gasteiger partial charge in [0.05, 0.1) is 31.2 Å².